The second-order valence-electron chi connectivity index (χ2n) is 15.7. The molecule has 57 heavy (non-hydrogen) atoms. The summed E-state index contributed by atoms with van der Waals surface area (Å²) in [7, 11) is 0. The minimum atomic E-state index is -0.882. The second kappa shape index (κ2) is 18.1. The van der Waals surface area contributed by atoms with Crippen molar-refractivity contribution in [3.8, 4) is 38.6 Å². The van der Waals surface area contributed by atoms with E-state index in [1.54, 1.807) is 35.7 Å². The number of aryl methyl sites for hydroxylation is 1. The zero-order chi connectivity index (χ0) is 40.7. The van der Waals surface area contributed by atoms with Gasteiger partial charge in [0.15, 0.2) is 0 Å². The number of anilines is 1. The van der Waals surface area contributed by atoms with Gasteiger partial charge in [0.1, 0.15) is 17.8 Å². The van der Waals surface area contributed by atoms with Gasteiger partial charge in [0.05, 0.1) is 40.1 Å². The molecule has 1 aliphatic heterocycles. The molecule has 3 heterocycles. The van der Waals surface area contributed by atoms with E-state index in [1.165, 1.54) is 4.90 Å². The Morgan fingerprint density at radius 1 is 0.947 bits per heavy atom. The standard InChI is InChI=1S/C44H51N7O5S/c1-27(29-13-15-31(16-14-29)40-28(2)46-26-57-40)48-42(55)37-23-34(52)25-51(37)43(56)41(44(3,4)5)49-39(54)12-8-9-21-45-33-19-17-30(18-20-33)32-22-36(50-47-24-32)35-10-6-7-11-38(35)53/h6-7,10-11,13-20,22,24,26-27,34,37,41,45,52-53H,8-9,12,21,23,25H2,1-5H3,(H,48,55)(H,49,54)/t27-,34+,37-,41?/m0/s1. The number of phenols is 1. The number of rotatable bonds is 14. The lowest BCUT2D eigenvalue weighted by molar-refractivity contribution is -0.144. The van der Waals surface area contributed by atoms with Gasteiger partial charge in [0.25, 0.3) is 0 Å². The molecule has 3 aromatic carbocycles. The minimum absolute atomic E-state index is 0.0159. The number of thiazole rings is 1. The van der Waals surface area contributed by atoms with Crippen LogP contribution in [0.4, 0.5) is 5.69 Å². The molecule has 5 N–H and O–H groups in total. The highest BCUT2D eigenvalue weighted by atomic mass is 32.1. The largest absolute Gasteiger partial charge is 0.507 e. The van der Waals surface area contributed by atoms with Crippen LogP contribution in [0.3, 0.4) is 0 Å². The maximum atomic E-state index is 14.1. The van der Waals surface area contributed by atoms with Gasteiger partial charge >= 0.3 is 0 Å². The molecule has 13 heteroatoms. The highest BCUT2D eigenvalue weighted by molar-refractivity contribution is 7.13. The smallest absolute Gasteiger partial charge is 0.246 e. The van der Waals surface area contributed by atoms with Crippen molar-refractivity contribution in [1.29, 1.82) is 0 Å². The Morgan fingerprint density at radius 3 is 2.35 bits per heavy atom. The van der Waals surface area contributed by atoms with Crippen LogP contribution in [0.2, 0.25) is 0 Å². The van der Waals surface area contributed by atoms with Gasteiger partial charge in [-0.15, -0.1) is 11.3 Å². The van der Waals surface area contributed by atoms with Gasteiger partial charge < -0.3 is 31.1 Å². The first-order valence-electron chi connectivity index (χ1n) is 19.3. The third-order valence-electron chi connectivity index (χ3n) is 10.3. The van der Waals surface area contributed by atoms with Crippen molar-refractivity contribution >= 4 is 34.7 Å². The highest BCUT2D eigenvalue weighted by Gasteiger charge is 2.44. The number of aliphatic hydroxyl groups excluding tert-OH is 1. The third-order valence-corrected chi connectivity index (χ3v) is 11.3. The van der Waals surface area contributed by atoms with Crippen LogP contribution >= 0.6 is 11.3 Å². The zero-order valence-electron chi connectivity index (χ0n) is 33.0. The zero-order valence-corrected chi connectivity index (χ0v) is 33.8. The SMILES string of the molecule is Cc1ncsc1-c1ccc([C@H](C)NC(=O)[C@@H]2C[C@@H](O)CN2C(=O)C(NC(=O)CCCCNc2ccc(-c3cnnc(-c4ccccc4O)c3)cc2)C(C)(C)C)cc1. The van der Waals surface area contributed by atoms with Crippen molar-refractivity contribution in [3.63, 3.8) is 0 Å². The van der Waals surface area contributed by atoms with Gasteiger partial charge in [0.2, 0.25) is 17.7 Å². The lowest BCUT2D eigenvalue weighted by Gasteiger charge is -2.35. The molecule has 5 aromatic rings. The van der Waals surface area contributed by atoms with E-state index >= 15 is 0 Å². The Labute approximate surface area is 337 Å². The first kappa shape index (κ1) is 41.0. The van der Waals surface area contributed by atoms with Crippen LogP contribution in [0.1, 0.15) is 70.7 Å². The number of aromatic nitrogens is 3. The molecule has 0 aliphatic carbocycles. The lowest BCUT2D eigenvalue weighted by atomic mass is 9.85. The molecule has 1 fully saturated rings. The van der Waals surface area contributed by atoms with Crippen LogP contribution in [0.15, 0.2) is 90.6 Å². The van der Waals surface area contributed by atoms with Gasteiger partial charge in [-0.05, 0) is 79.1 Å². The van der Waals surface area contributed by atoms with E-state index in [1.807, 2.05) is 101 Å². The first-order chi connectivity index (χ1) is 27.3. The van der Waals surface area contributed by atoms with Crippen LogP contribution in [0, 0.1) is 12.3 Å². The predicted molar refractivity (Wildman–Crippen MR) is 223 cm³/mol. The highest BCUT2D eigenvalue weighted by Crippen LogP contribution is 2.31. The predicted octanol–water partition coefficient (Wildman–Crippen LogP) is 6.90. The van der Waals surface area contributed by atoms with Gasteiger partial charge in [-0.1, -0.05) is 69.3 Å². The summed E-state index contributed by atoms with van der Waals surface area (Å²) in [5.74, 6) is -0.823. The molecule has 298 valence electrons. The van der Waals surface area contributed by atoms with E-state index in [4.69, 9.17) is 0 Å². The fourth-order valence-electron chi connectivity index (χ4n) is 7.02. The number of nitrogens with one attached hydrogen (secondary N) is 3. The third kappa shape index (κ3) is 10.2. The Balaban J connectivity index is 0.979. The molecule has 12 nitrogen and oxygen atoms in total. The van der Waals surface area contributed by atoms with Crippen LogP contribution in [-0.2, 0) is 14.4 Å². The fraction of sp³-hybridized carbons (Fsp3) is 0.364. The minimum Gasteiger partial charge on any atom is -0.507 e. The molecule has 1 aliphatic rings. The topological polar surface area (TPSA) is 170 Å². The fourth-order valence-corrected chi connectivity index (χ4v) is 7.83. The first-order valence-corrected chi connectivity index (χ1v) is 20.2. The summed E-state index contributed by atoms with van der Waals surface area (Å²) < 4.78 is 0. The number of aromatic hydroxyl groups is 1. The molecule has 6 rings (SSSR count). The molecule has 0 spiro atoms. The van der Waals surface area contributed by atoms with Crippen LogP contribution in [0.5, 0.6) is 5.75 Å². The van der Waals surface area contributed by atoms with E-state index in [2.05, 4.69) is 31.1 Å². The number of likely N-dealkylation sites (tertiary alicyclic amines) is 1. The molecule has 3 amide bonds. The molecule has 1 unspecified atom stereocenters. The number of carbonyl (C=O) groups excluding carboxylic acids is 3. The molecule has 2 aromatic heterocycles. The average Bonchev–Trinajstić information content (AvgIpc) is 3.81. The molecular weight excluding hydrogens is 739 g/mol. The van der Waals surface area contributed by atoms with Gasteiger partial charge in [0, 0.05) is 42.7 Å². The number of carbonyl (C=O) groups is 3. The van der Waals surface area contributed by atoms with Crippen molar-refractivity contribution in [1.82, 2.24) is 30.7 Å². The molecule has 1 saturated heterocycles. The van der Waals surface area contributed by atoms with Gasteiger partial charge in [-0.25, -0.2) is 4.98 Å². The number of para-hydroxylation sites is 1. The Morgan fingerprint density at radius 2 is 1.67 bits per heavy atom. The summed E-state index contributed by atoms with van der Waals surface area (Å²) >= 11 is 1.58. The summed E-state index contributed by atoms with van der Waals surface area (Å²) in [6.07, 6.45) is 2.53. The van der Waals surface area contributed by atoms with Crippen molar-refractivity contribution in [2.75, 3.05) is 18.4 Å². The number of amides is 3. The molecule has 0 saturated carbocycles. The van der Waals surface area contributed by atoms with Crippen molar-refractivity contribution < 1.29 is 24.6 Å². The van der Waals surface area contributed by atoms with Crippen LogP contribution < -0.4 is 16.0 Å². The summed E-state index contributed by atoms with van der Waals surface area (Å²) in [4.78, 5) is 47.7. The number of benzene rings is 3. The van der Waals surface area contributed by atoms with E-state index in [-0.39, 0.29) is 48.9 Å². The number of phenolic OH excluding ortho intramolecular Hbond substituents is 1. The maximum absolute atomic E-state index is 14.1. The summed E-state index contributed by atoms with van der Waals surface area (Å²) in [5, 5.41) is 38.5. The number of hydrogen-bond donors (Lipinski definition) is 5. The second-order valence-corrected chi connectivity index (χ2v) is 16.5. The van der Waals surface area contributed by atoms with Gasteiger partial charge in [-0.3, -0.25) is 14.4 Å². The lowest BCUT2D eigenvalue weighted by Crippen LogP contribution is -2.57. The number of aliphatic hydroxyl groups is 1. The normalized spacial score (nSPS) is 16.5. The maximum Gasteiger partial charge on any atom is 0.246 e. The molecular formula is C44H51N7O5S. The Kier molecular flexibility index (Phi) is 13.0. The van der Waals surface area contributed by atoms with E-state index in [0.717, 1.165) is 44.9 Å². The van der Waals surface area contributed by atoms with E-state index in [9.17, 15) is 24.6 Å². The molecule has 4 atom stereocenters. The summed E-state index contributed by atoms with van der Waals surface area (Å²) in [5.41, 5.74) is 8.10. The van der Waals surface area contributed by atoms with E-state index in [0.29, 0.717) is 24.2 Å². The van der Waals surface area contributed by atoms with Crippen molar-refractivity contribution in [2.24, 2.45) is 5.41 Å². The Hall–Kier alpha value is -5.66. The van der Waals surface area contributed by atoms with Crippen LogP contribution in [0.25, 0.3) is 32.8 Å². The summed E-state index contributed by atoms with van der Waals surface area (Å²) in [6, 6.07) is 22.8. The molecule has 0 bridgehead atoms. The number of unbranched alkanes of at least 4 members (excludes halogenated alkanes) is 1. The number of β-amino-alcohol motifs (C(OH)–C–C–N with tert-alkyl or cyclic N) is 1. The summed E-state index contributed by atoms with van der Waals surface area (Å²) in [6.45, 7) is 10.2. The average molecular weight is 790 g/mol. The number of hydrogen-bond acceptors (Lipinski definition) is 10. The number of nitrogens with zero attached hydrogens (tertiary/aromatic N) is 4. The Bertz CT molecular complexity index is 2170. The molecule has 0 radical (unpaired) electrons. The van der Waals surface area contributed by atoms with Crippen molar-refractivity contribution in [3.05, 3.63) is 102 Å². The van der Waals surface area contributed by atoms with Gasteiger partial charge in [-0.2, -0.15) is 10.2 Å². The monoisotopic (exact) mass is 789 g/mol. The van der Waals surface area contributed by atoms with E-state index < -0.39 is 23.6 Å². The van der Waals surface area contributed by atoms with Crippen LogP contribution in [-0.4, -0.2) is 79.3 Å². The van der Waals surface area contributed by atoms with Crippen molar-refractivity contribution in [2.45, 2.75) is 84.5 Å². The quantitative estimate of drug-likeness (QED) is 0.0752.